The van der Waals surface area contributed by atoms with E-state index in [2.05, 4.69) is 15.6 Å². The van der Waals surface area contributed by atoms with Gasteiger partial charge in [0.05, 0.1) is 11.7 Å². The van der Waals surface area contributed by atoms with Gasteiger partial charge < -0.3 is 25.7 Å². The van der Waals surface area contributed by atoms with Crippen LogP contribution in [0.3, 0.4) is 0 Å². The minimum absolute atomic E-state index is 0.0439. The number of carbonyl (C=O) groups is 1. The fraction of sp³-hybridized carbons (Fsp3) is 0.893. The number of nitrogens with zero attached hydrogens (tertiary/aromatic N) is 6. The van der Waals surface area contributed by atoms with Gasteiger partial charge in [0.25, 0.3) is 0 Å². The lowest BCUT2D eigenvalue weighted by molar-refractivity contribution is -0.250. The quantitative estimate of drug-likeness (QED) is 0.363. The molecule has 1 atom stereocenters. The molecular formula is C28H53N7O4. The van der Waals surface area contributed by atoms with E-state index in [1.165, 1.54) is 10.1 Å². The number of aromatic nitrogens is 3. The molecule has 2 fully saturated rings. The van der Waals surface area contributed by atoms with Crippen LogP contribution in [0.5, 0.6) is 0 Å². The second kappa shape index (κ2) is 11.6. The molecule has 4 N–H and O–H groups in total. The molecule has 0 aliphatic carbocycles. The second-order valence-electron chi connectivity index (χ2n) is 14.3. The summed E-state index contributed by atoms with van der Waals surface area (Å²) in [4.78, 5) is 15.9. The van der Waals surface area contributed by atoms with Crippen LogP contribution in [-0.4, -0.2) is 99.0 Å². The Hall–Kier alpha value is -1.79. The van der Waals surface area contributed by atoms with Crippen molar-refractivity contribution in [2.75, 3.05) is 13.2 Å². The molecule has 0 aromatic carbocycles. The van der Waals surface area contributed by atoms with Crippen molar-refractivity contribution in [2.45, 2.75) is 148 Å². The van der Waals surface area contributed by atoms with E-state index in [-0.39, 0.29) is 30.8 Å². The summed E-state index contributed by atoms with van der Waals surface area (Å²) in [6, 6.07) is -0.135. The minimum atomic E-state index is -0.483. The Balaban J connectivity index is 1.76. The number of hydroxylamine groups is 4. The third kappa shape index (κ3) is 7.30. The van der Waals surface area contributed by atoms with Gasteiger partial charge in [-0.3, -0.25) is 0 Å². The van der Waals surface area contributed by atoms with Gasteiger partial charge in [0.2, 0.25) is 0 Å². The molecule has 2 aliphatic heterocycles. The first-order chi connectivity index (χ1) is 17.9. The summed E-state index contributed by atoms with van der Waals surface area (Å²) in [6.45, 7) is 18.7. The number of amides is 2. The molecule has 39 heavy (non-hydrogen) atoms. The molecule has 1 aromatic rings. The van der Waals surface area contributed by atoms with Gasteiger partial charge in [0, 0.05) is 53.6 Å². The summed E-state index contributed by atoms with van der Waals surface area (Å²) in [5, 5.41) is 45.5. The maximum atomic E-state index is 13.9. The number of aliphatic hydroxyl groups is 1. The van der Waals surface area contributed by atoms with E-state index < -0.39 is 22.2 Å². The van der Waals surface area contributed by atoms with E-state index in [0.29, 0.717) is 45.1 Å². The summed E-state index contributed by atoms with van der Waals surface area (Å²) < 4.78 is 1.79. The molecule has 11 nitrogen and oxygen atoms in total. The maximum absolute atomic E-state index is 13.9. The summed E-state index contributed by atoms with van der Waals surface area (Å²) in [6.07, 6.45) is 6.56. The van der Waals surface area contributed by atoms with E-state index in [1.54, 1.807) is 4.68 Å². The number of aryl methyl sites for hydroxylation is 1. The van der Waals surface area contributed by atoms with Gasteiger partial charge in [-0.1, -0.05) is 5.21 Å². The van der Waals surface area contributed by atoms with Crippen molar-refractivity contribution < 1.29 is 20.3 Å². The first-order valence-corrected chi connectivity index (χ1v) is 14.5. The third-order valence-corrected chi connectivity index (χ3v) is 8.67. The minimum Gasteiger partial charge on any atom is -0.396 e. The van der Waals surface area contributed by atoms with E-state index >= 15 is 0 Å². The molecule has 11 heteroatoms. The molecule has 0 bridgehead atoms. The molecule has 0 radical (unpaired) electrons. The van der Waals surface area contributed by atoms with Crippen molar-refractivity contribution in [3.8, 4) is 0 Å². The predicted molar refractivity (Wildman–Crippen MR) is 150 cm³/mol. The van der Waals surface area contributed by atoms with Crippen molar-refractivity contribution in [3.05, 3.63) is 11.9 Å². The lowest BCUT2D eigenvalue weighted by Crippen LogP contribution is -2.66. The number of piperidine rings is 2. The van der Waals surface area contributed by atoms with Crippen LogP contribution in [0.25, 0.3) is 0 Å². The predicted octanol–water partition coefficient (Wildman–Crippen LogP) is 3.99. The Bertz CT molecular complexity index is 941. The number of hydrogen-bond donors (Lipinski definition) is 4. The molecule has 3 heterocycles. The van der Waals surface area contributed by atoms with Gasteiger partial charge in [-0.2, -0.15) is 10.1 Å². The largest absolute Gasteiger partial charge is 0.396 e. The van der Waals surface area contributed by atoms with Gasteiger partial charge in [-0.05, 0) is 107 Å². The Kier molecular flexibility index (Phi) is 9.44. The highest BCUT2D eigenvalue weighted by Crippen LogP contribution is 2.40. The normalized spacial score (nSPS) is 24.4. The van der Waals surface area contributed by atoms with Crippen LogP contribution in [-0.2, 0) is 6.42 Å². The summed E-state index contributed by atoms with van der Waals surface area (Å²) in [7, 11) is 0. The highest BCUT2D eigenvalue weighted by molar-refractivity contribution is 5.75. The van der Waals surface area contributed by atoms with E-state index in [0.717, 1.165) is 12.1 Å². The molecule has 3 rings (SSSR count). The monoisotopic (exact) mass is 551 g/mol. The fourth-order valence-corrected chi connectivity index (χ4v) is 6.91. The molecule has 2 amide bonds. The number of nitrogens with one attached hydrogen (secondary N) is 1. The lowest BCUT2D eigenvalue weighted by Gasteiger charge is -2.54. The van der Waals surface area contributed by atoms with Crippen LogP contribution in [0.1, 0.15) is 113 Å². The molecule has 0 spiro atoms. The van der Waals surface area contributed by atoms with Gasteiger partial charge >= 0.3 is 6.03 Å². The van der Waals surface area contributed by atoms with Crippen LogP contribution >= 0.6 is 0 Å². The number of rotatable bonds is 9. The van der Waals surface area contributed by atoms with Gasteiger partial charge in [0.1, 0.15) is 0 Å². The lowest BCUT2D eigenvalue weighted by atomic mass is 9.78. The molecule has 224 valence electrons. The fourth-order valence-electron chi connectivity index (χ4n) is 6.91. The van der Waals surface area contributed by atoms with E-state index in [9.17, 15) is 20.3 Å². The van der Waals surface area contributed by atoms with E-state index in [4.69, 9.17) is 0 Å². The molecule has 1 unspecified atom stereocenters. The van der Waals surface area contributed by atoms with Crippen LogP contribution in [0.2, 0.25) is 0 Å². The summed E-state index contributed by atoms with van der Waals surface area (Å²) >= 11 is 0. The first-order valence-electron chi connectivity index (χ1n) is 14.5. The number of aliphatic hydroxyl groups excluding tert-OH is 1. The Morgan fingerprint density at radius 2 is 1.51 bits per heavy atom. The van der Waals surface area contributed by atoms with Crippen molar-refractivity contribution in [2.24, 2.45) is 0 Å². The third-order valence-electron chi connectivity index (χ3n) is 8.67. The molecule has 1 aromatic heterocycles. The van der Waals surface area contributed by atoms with Gasteiger partial charge in [-0.15, -0.1) is 5.10 Å². The second-order valence-corrected chi connectivity index (χ2v) is 14.3. The average molecular weight is 552 g/mol. The highest BCUT2D eigenvalue weighted by atomic mass is 16.5. The zero-order chi connectivity index (χ0) is 29.4. The Labute approximate surface area is 234 Å². The van der Waals surface area contributed by atoms with Crippen molar-refractivity contribution in [1.29, 1.82) is 0 Å². The SMILES string of the molecule is CC(CCO)n1cc(CCCN(C(=O)NC2CC(C)(C)N(O)C(C)(C)C2)C2CC(C)(C)N(O)C(C)(C)C2)nn1. The van der Waals surface area contributed by atoms with E-state index in [1.807, 2.05) is 73.4 Å². The van der Waals surface area contributed by atoms with Gasteiger partial charge in [0.15, 0.2) is 0 Å². The van der Waals surface area contributed by atoms with Crippen molar-refractivity contribution in [3.63, 3.8) is 0 Å². The maximum Gasteiger partial charge on any atom is 0.317 e. The van der Waals surface area contributed by atoms with Crippen LogP contribution < -0.4 is 5.32 Å². The number of urea groups is 1. The smallest absolute Gasteiger partial charge is 0.317 e. The van der Waals surface area contributed by atoms with Crippen LogP contribution in [0, 0.1) is 0 Å². The number of carbonyl (C=O) groups excluding carboxylic acids is 1. The van der Waals surface area contributed by atoms with Crippen LogP contribution in [0.15, 0.2) is 6.20 Å². The first kappa shape index (κ1) is 31.7. The average Bonchev–Trinajstić information content (AvgIpc) is 3.27. The Morgan fingerprint density at radius 1 is 1.00 bits per heavy atom. The zero-order valence-corrected chi connectivity index (χ0v) is 25.6. The summed E-state index contributed by atoms with van der Waals surface area (Å²) in [5.41, 5.74) is -1.03. The molecule has 2 saturated heterocycles. The topological polar surface area (TPSA) is 130 Å². The molecule has 0 saturated carbocycles. The van der Waals surface area contributed by atoms with Gasteiger partial charge in [-0.25, -0.2) is 9.48 Å². The molecule has 2 aliphatic rings. The van der Waals surface area contributed by atoms with Crippen molar-refractivity contribution in [1.82, 2.24) is 35.3 Å². The zero-order valence-electron chi connectivity index (χ0n) is 25.6. The Morgan fingerprint density at radius 3 is 2.03 bits per heavy atom. The highest BCUT2D eigenvalue weighted by Gasteiger charge is 2.49. The van der Waals surface area contributed by atoms with Crippen LogP contribution in [0.4, 0.5) is 4.79 Å². The standard InChI is InChI=1S/C28H53N7O4/c1-20(12-14-36)33-19-21(30-31-33)11-10-13-32(23-17-27(6,7)35(39)28(8,9)18-23)24(37)29-22-15-25(2,3)34(38)26(4,5)16-22/h19-20,22-23,36,38-39H,10-18H2,1-9H3,(H,29,37). The molecular weight excluding hydrogens is 498 g/mol. The summed E-state index contributed by atoms with van der Waals surface area (Å²) in [5.74, 6) is 0. The van der Waals surface area contributed by atoms with Crippen molar-refractivity contribution >= 4 is 6.03 Å². The number of hydrogen-bond acceptors (Lipinski definition) is 8.